The first-order valence-electron chi connectivity index (χ1n) is 5.18. The van der Waals surface area contributed by atoms with Gasteiger partial charge in [0.05, 0.1) is 12.7 Å². The van der Waals surface area contributed by atoms with Crippen molar-refractivity contribution in [3.8, 4) is 0 Å². The van der Waals surface area contributed by atoms with Crippen LogP contribution in [0, 0.1) is 0 Å². The Labute approximate surface area is 99.7 Å². The molecule has 1 unspecified atom stereocenters. The van der Waals surface area contributed by atoms with Crippen molar-refractivity contribution in [1.29, 1.82) is 0 Å². The summed E-state index contributed by atoms with van der Waals surface area (Å²) in [5.74, 6) is 0.661. The Morgan fingerprint density at radius 3 is 2.81 bits per heavy atom. The van der Waals surface area contributed by atoms with E-state index in [2.05, 4.69) is 9.97 Å². The van der Waals surface area contributed by atoms with Crippen molar-refractivity contribution < 1.29 is 10.2 Å². The molecular formula is C10H16ClN3O2. The van der Waals surface area contributed by atoms with Gasteiger partial charge in [-0.25, -0.2) is 9.97 Å². The van der Waals surface area contributed by atoms with Crippen molar-refractivity contribution in [1.82, 2.24) is 9.97 Å². The molecule has 0 spiro atoms. The van der Waals surface area contributed by atoms with Gasteiger partial charge in [-0.3, -0.25) is 0 Å². The number of nitrogens with zero attached hydrogens (tertiary/aromatic N) is 3. The maximum Gasteiger partial charge on any atom is 0.134 e. The highest BCUT2D eigenvalue weighted by Crippen LogP contribution is 2.14. The molecule has 90 valence electrons. The van der Waals surface area contributed by atoms with Gasteiger partial charge in [0.15, 0.2) is 0 Å². The van der Waals surface area contributed by atoms with Crippen LogP contribution < -0.4 is 4.90 Å². The Bertz CT molecular complexity index is 325. The Balaban J connectivity index is 2.76. The van der Waals surface area contributed by atoms with Gasteiger partial charge in [-0.15, -0.1) is 0 Å². The molecule has 6 heteroatoms. The normalized spacial score (nSPS) is 12.5. The van der Waals surface area contributed by atoms with Crippen molar-refractivity contribution in [2.24, 2.45) is 0 Å². The molecule has 0 aliphatic carbocycles. The lowest BCUT2D eigenvalue weighted by atomic mass is 10.3. The number of hydrogen-bond donors (Lipinski definition) is 2. The SMILES string of the molecule is CCCN(CC(O)CO)c1cc(Cl)ncn1. The summed E-state index contributed by atoms with van der Waals surface area (Å²) in [5.41, 5.74) is 0. The number of aliphatic hydroxyl groups excluding tert-OH is 2. The second-order valence-corrected chi connectivity index (χ2v) is 3.87. The van der Waals surface area contributed by atoms with Crippen LogP contribution in [0.25, 0.3) is 0 Å². The predicted octanol–water partition coefficient (Wildman–Crippen LogP) is 0.700. The summed E-state index contributed by atoms with van der Waals surface area (Å²) in [4.78, 5) is 9.75. The first-order valence-corrected chi connectivity index (χ1v) is 5.56. The molecule has 16 heavy (non-hydrogen) atoms. The molecular weight excluding hydrogens is 230 g/mol. The smallest absolute Gasteiger partial charge is 0.134 e. The zero-order valence-corrected chi connectivity index (χ0v) is 9.93. The zero-order valence-electron chi connectivity index (χ0n) is 9.17. The fourth-order valence-electron chi connectivity index (χ4n) is 1.38. The minimum atomic E-state index is -0.778. The number of aromatic nitrogens is 2. The number of anilines is 1. The first kappa shape index (κ1) is 13.2. The van der Waals surface area contributed by atoms with Gasteiger partial charge in [-0.05, 0) is 6.42 Å². The molecule has 0 saturated carbocycles. The lowest BCUT2D eigenvalue weighted by molar-refractivity contribution is 0.0997. The first-order chi connectivity index (χ1) is 7.67. The summed E-state index contributed by atoms with van der Waals surface area (Å²) in [6.45, 7) is 2.84. The molecule has 0 aliphatic rings. The second-order valence-electron chi connectivity index (χ2n) is 3.48. The number of aliphatic hydroxyl groups is 2. The van der Waals surface area contributed by atoms with E-state index in [0.717, 1.165) is 13.0 Å². The highest BCUT2D eigenvalue weighted by molar-refractivity contribution is 6.29. The van der Waals surface area contributed by atoms with Crippen molar-refractivity contribution in [2.45, 2.75) is 19.4 Å². The fraction of sp³-hybridized carbons (Fsp3) is 0.600. The zero-order chi connectivity index (χ0) is 12.0. The van der Waals surface area contributed by atoms with Crippen LogP contribution in [0.3, 0.4) is 0 Å². The topological polar surface area (TPSA) is 69.5 Å². The van der Waals surface area contributed by atoms with Crippen LogP contribution >= 0.6 is 11.6 Å². The van der Waals surface area contributed by atoms with Crippen molar-refractivity contribution in [2.75, 3.05) is 24.6 Å². The molecule has 2 N–H and O–H groups in total. The largest absolute Gasteiger partial charge is 0.394 e. The van der Waals surface area contributed by atoms with E-state index < -0.39 is 6.10 Å². The van der Waals surface area contributed by atoms with Gasteiger partial charge in [-0.1, -0.05) is 18.5 Å². The molecule has 0 radical (unpaired) electrons. The fourth-order valence-corrected chi connectivity index (χ4v) is 1.52. The molecule has 1 heterocycles. The van der Waals surface area contributed by atoms with Crippen molar-refractivity contribution >= 4 is 17.4 Å². The highest BCUT2D eigenvalue weighted by atomic mass is 35.5. The van der Waals surface area contributed by atoms with Gasteiger partial charge in [-0.2, -0.15) is 0 Å². The highest BCUT2D eigenvalue weighted by Gasteiger charge is 2.12. The van der Waals surface area contributed by atoms with Crippen LogP contribution in [0.4, 0.5) is 5.82 Å². The number of rotatable bonds is 6. The molecule has 0 aliphatic heterocycles. The van der Waals surface area contributed by atoms with Crippen LogP contribution in [-0.4, -0.2) is 46.0 Å². The van der Waals surface area contributed by atoms with Crippen LogP contribution in [0.2, 0.25) is 5.15 Å². The average molecular weight is 246 g/mol. The summed E-state index contributed by atoms with van der Waals surface area (Å²) >= 11 is 5.77. The maximum atomic E-state index is 9.42. The molecule has 0 aromatic carbocycles. The monoisotopic (exact) mass is 245 g/mol. The summed E-state index contributed by atoms with van der Waals surface area (Å²) in [7, 11) is 0. The van der Waals surface area contributed by atoms with E-state index >= 15 is 0 Å². The van der Waals surface area contributed by atoms with E-state index in [1.54, 1.807) is 6.07 Å². The van der Waals surface area contributed by atoms with Gasteiger partial charge in [0, 0.05) is 19.2 Å². The third kappa shape index (κ3) is 3.92. The van der Waals surface area contributed by atoms with E-state index in [1.165, 1.54) is 6.33 Å². The molecule has 1 rings (SSSR count). The molecule has 1 atom stereocenters. The molecule has 0 bridgehead atoms. The van der Waals surface area contributed by atoms with Crippen LogP contribution in [0.15, 0.2) is 12.4 Å². The minimum Gasteiger partial charge on any atom is -0.394 e. The second kappa shape index (κ2) is 6.62. The Kier molecular flexibility index (Phi) is 5.45. The summed E-state index contributed by atoms with van der Waals surface area (Å²) < 4.78 is 0. The summed E-state index contributed by atoms with van der Waals surface area (Å²) in [6.07, 6.45) is 1.52. The maximum absolute atomic E-state index is 9.42. The number of hydrogen-bond acceptors (Lipinski definition) is 5. The minimum absolute atomic E-state index is 0.265. The van der Waals surface area contributed by atoms with E-state index in [1.807, 2.05) is 11.8 Å². The quantitative estimate of drug-likeness (QED) is 0.722. The van der Waals surface area contributed by atoms with Gasteiger partial charge < -0.3 is 15.1 Å². The standard InChI is InChI=1S/C10H16ClN3O2/c1-2-3-14(5-8(16)6-15)10-4-9(11)12-7-13-10/h4,7-8,15-16H,2-3,5-6H2,1H3. The predicted molar refractivity (Wildman–Crippen MR) is 62.6 cm³/mol. The average Bonchev–Trinajstić information content (AvgIpc) is 2.28. The van der Waals surface area contributed by atoms with E-state index in [-0.39, 0.29) is 6.61 Å². The molecule has 1 aromatic heterocycles. The third-order valence-electron chi connectivity index (χ3n) is 2.08. The van der Waals surface area contributed by atoms with E-state index in [4.69, 9.17) is 16.7 Å². The number of halogens is 1. The summed E-state index contributed by atoms with van der Waals surface area (Å²) in [5, 5.41) is 18.6. The summed E-state index contributed by atoms with van der Waals surface area (Å²) in [6, 6.07) is 1.64. The Hall–Kier alpha value is -0.910. The van der Waals surface area contributed by atoms with Crippen LogP contribution in [0.5, 0.6) is 0 Å². The molecule has 0 fully saturated rings. The molecule has 0 amide bonds. The molecule has 1 aromatic rings. The van der Waals surface area contributed by atoms with Gasteiger partial charge in [0.25, 0.3) is 0 Å². The molecule has 5 nitrogen and oxygen atoms in total. The van der Waals surface area contributed by atoms with Gasteiger partial charge >= 0.3 is 0 Å². The van der Waals surface area contributed by atoms with Gasteiger partial charge in [0.2, 0.25) is 0 Å². The Morgan fingerprint density at radius 2 is 2.25 bits per heavy atom. The van der Waals surface area contributed by atoms with Gasteiger partial charge in [0.1, 0.15) is 17.3 Å². The van der Waals surface area contributed by atoms with Crippen LogP contribution in [0.1, 0.15) is 13.3 Å². The lowest BCUT2D eigenvalue weighted by Gasteiger charge is -2.24. The van der Waals surface area contributed by atoms with Crippen molar-refractivity contribution in [3.05, 3.63) is 17.5 Å². The Morgan fingerprint density at radius 1 is 1.50 bits per heavy atom. The molecule has 0 saturated heterocycles. The third-order valence-corrected chi connectivity index (χ3v) is 2.29. The van der Waals surface area contributed by atoms with Crippen molar-refractivity contribution in [3.63, 3.8) is 0 Å². The lowest BCUT2D eigenvalue weighted by Crippen LogP contribution is -2.35. The van der Waals surface area contributed by atoms with Crippen LogP contribution in [-0.2, 0) is 0 Å². The van der Waals surface area contributed by atoms with E-state index in [0.29, 0.717) is 17.5 Å². The van der Waals surface area contributed by atoms with E-state index in [9.17, 15) is 5.11 Å².